The Bertz CT molecular complexity index is 165. The molecule has 0 aliphatic heterocycles. The highest BCUT2D eigenvalue weighted by Crippen LogP contribution is 2.27. The molecule has 0 heterocycles. The largest absolute Gasteiger partial charge is 0.312 e. The summed E-state index contributed by atoms with van der Waals surface area (Å²) in [7, 11) is 0. The molecule has 0 bridgehead atoms. The van der Waals surface area contributed by atoms with Crippen LogP contribution in [0, 0.1) is 5.41 Å². The van der Waals surface area contributed by atoms with Crippen LogP contribution in [-0.2, 0) is 0 Å². The van der Waals surface area contributed by atoms with Crippen LogP contribution in [0.2, 0.25) is 0 Å². The molecule has 0 spiro atoms. The summed E-state index contributed by atoms with van der Waals surface area (Å²) in [4.78, 5) is 0. The van der Waals surface area contributed by atoms with E-state index in [2.05, 4.69) is 46.9 Å². The van der Waals surface area contributed by atoms with E-state index < -0.39 is 0 Å². The first-order valence-electron chi connectivity index (χ1n) is 7.02. The minimum atomic E-state index is 0.262. The summed E-state index contributed by atoms with van der Waals surface area (Å²) < 4.78 is 0. The topological polar surface area (TPSA) is 12.0 Å². The molecule has 0 saturated heterocycles. The van der Waals surface area contributed by atoms with Gasteiger partial charge < -0.3 is 5.32 Å². The maximum Gasteiger partial charge on any atom is 0.00965 e. The molecule has 1 heteroatoms. The lowest BCUT2D eigenvalue weighted by molar-refractivity contribution is 0.274. The van der Waals surface area contributed by atoms with E-state index in [0.717, 1.165) is 6.54 Å². The van der Waals surface area contributed by atoms with Gasteiger partial charge in [-0.2, -0.15) is 0 Å². The molecule has 1 nitrogen and oxygen atoms in total. The number of hydrogen-bond acceptors (Lipinski definition) is 1. The Kier molecular flexibility index (Phi) is 7.30. The van der Waals surface area contributed by atoms with Crippen molar-refractivity contribution in [3.8, 4) is 0 Å². The Morgan fingerprint density at radius 1 is 0.812 bits per heavy atom. The van der Waals surface area contributed by atoms with E-state index in [1.165, 1.54) is 38.5 Å². The maximum atomic E-state index is 3.58. The molecule has 0 amide bonds. The van der Waals surface area contributed by atoms with Gasteiger partial charge in [0.25, 0.3) is 0 Å². The number of unbranched alkanes of at least 4 members (excludes halogenated alkanes) is 3. The van der Waals surface area contributed by atoms with Gasteiger partial charge in [-0.3, -0.25) is 0 Å². The summed E-state index contributed by atoms with van der Waals surface area (Å²) in [5.74, 6) is 0. The van der Waals surface area contributed by atoms with Crippen molar-refractivity contribution in [3.05, 3.63) is 0 Å². The van der Waals surface area contributed by atoms with E-state index >= 15 is 0 Å². The van der Waals surface area contributed by atoms with Gasteiger partial charge in [0.05, 0.1) is 0 Å². The molecule has 0 aliphatic carbocycles. The van der Waals surface area contributed by atoms with E-state index in [4.69, 9.17) is 0 Å². The minimum absolute atomic E-state index is 0.262. The van der Waals surface area contributed by atoms with Gasteiger partial charge in [0, 0.05) is 5.54 Å². The van der Waals surface area contributed by atoms with Crippen molar-refractivity contribution in [2.75, 3.05) is 6.54 Å². The van der Waals surface area contributed by atoms with Crippen LogP contribution in [0.5, 0.6) is 0 Å². The molecule has 0 aromatic carbocycles. The standard InChI is InChI=1S/C15H33N/c1-7-8-9-10-11-15(5,6)12-13-16-14(2,3)4/h16H,7-13H2,1-6H3. The summed E-state index contributed by atoms with van der Waals surface area (Å²) in [6.45, 7) is 14.9. The first-order chi connectivity index (χ1) is 7.27. The quantitative estimate of drug-likeness (QED) is 0.589. The molecule has 0 radical (unpaired) electrons. The van der Waals surface area contributed by atoms with Crippen LogP contribution in [0.4, 0.5) is 0 Å². The minimum Gasteiger partial charge on any atom is -0.312 e. The number of rotatable bonds is 8. The van der Waals surface area contributed by atoms with E-state index in [1.807, 2.05) is 0 Å². The van der Waals surface area contributed by atoms with Crippen molar-refractivity contribution in [3.63, 3.8) is 0 Å². The summed E-state index contributed by atoms with van der Waals surface area (Å²) >= 11 is 0. The monoisotopic (exact) mass is 227 g/mol. The summed E-state index contributed by atoms with van der Waals surface area (Å²) in [5.41, 5.74) is 0.768. The van der Waals surface area contributed by atoms with Gasteiger partial charge in [0.2, 0.25) is 0 Å². The fourth-order valence-electron chi connectivity index (χ4n) is 1.93. The van der Waals surface area contributed by atoms with Gasteiger partial charge >= 0.3 is 0 Å². The average Bonchev–Trinajstić information content (AvgIpc) is 2.10. The van der Waals surface area contributed by atoms with Crippen molar-refractivity contribution < 1.29 is 0 Å². The number of nitrogens with one attached hydrogen (secondary N) is 1. The molecule has 0 rings (SSSR count). The highest BCUT2D eigenvalue weighted by molar-refractivity contribution is 4.75. The third-order valence-corrected chi connectivity index (χ3v) is 3.16. The van der Waals surface area contributed by atoms with Crippen LogP contribution in [0.25, 0.3) is 0 Å². The maximum absolute atomic E-state index is 3.58. The molecule has 0 atom stereocenters. The lowest BCUT2D eigenvalue weighted by Gasteiger charge is -2.28. The normalized spacial score (nSPS) is 13.1. The van der Waals surface area contributed by atoms with E-state index in [9.17, 15) is 0 Å². The zero-order valence-corrected chi connectivity index (χ0v) is 12.4. The van der Waals surface area contributed by atoms with Gasteiger partial charge in [-0.15, -0.1) is 0 Å². The lowest BCUT2D eigenvalue weighted by Crippen LogP contribution is -2.37. The van der Waals surface area contributed by atoms with Crippen LogP contribution in [0.3, 0.4) is 0 Å². The van der Waals surface area contributed by atoms with Crippen LogP contribution < -0.4 is 5.32 Å². The van der Waals surface area contributed by atoms with Gasteiger partial charge in [0.15, 0.2) is 0 Å². The Balaban J connectivity index is 3.62. The van der Waals surface area contributed by atoms with Gasteiger partial charge in [-0.25, -0.2) is 0 Å². The second kappa shape index (κ2) is 7.32. The molecule has 98 valence electrons. The third kappa shape index (κ3) is 10.5. The second-order valence-corrected chi connectivity index (χ2v) is 6.90. The summed E-state index contributed by atoms with van der Waals surface area (Å²) in [5, 5.41) is 3.58. The van der Waals surface area contributed by atoms with E-state index in [-0.39, 0.29) is 5.54 Å². The Hall–Kier alpha value is -0.0400. The Morgan fingerprint density at radius 3 is 1.94 bits per heavy atom. The molecule has 0 saturated carbocycles. The molecule has 16 heavy (non-hydrogen) atoms. The summed E-state index contributed by atoms with van der Waals surface area (Å²) in [6, 6.07) is 0. The SMILES string of the molecule is CCCCCCC(C)(C)CCNC(C)(C)C. The predicted molar refractivity (Wildman–Crippen MR) is 74.9 cm³/mol. The Labute approximate surface area is 103 Å². The highest BCUT2D eigenvalue weighted by Gasteiger charge is 2.18. The van der Waals surface area contributed by atoms with Crippen molar-refractivity contribution in [2.24, 2.45) is 5.41 Å². The van der Waals surface area contributed by atoms with Crippen LogP contribution in [0.15, 0.2) is 0 Å². The summed E-state index contributed by atoms with van der Waals surface area (Å²) in [6.07, 6.45) is 8.21. The molecule has 0 aromatic rings. The van der Waals surface area contributed by atoms with Crippen LogP contribution in [0.1, 0.15) is 80.1 Å². The molecule has 1 N–H and O–H groups in total. The molecule has 0 aliphatic rings. The van der Waals surface area contributed by atoms with Gasteiger partial charge in [-0.1, -0.05) is 46.5 Å². The van der Waals surface area contributed by atoms with Crippen LogP contribution >= 0.6 is 0 Å². The first kappa shape index (κ1) is 16.0. The molecule has 0 aromatic heterocycles. The molecule has 0 fully saturated rings. The third-order valence-electron chi connectivity index (χ3n) is 3.16. The molecular formula is C15H33N. The van der Waals surface area contributed by atoms with Gasteiger partial charge in [-0.05, 0) is 45.6 Å². The molecule has 0 unspecified atom stereocenters. The fraction of sp³-hybridized carbons (Fsp3) is 1.00. The Morgan fingerprint density at radius 2 is 1.44 bits per heavy atom. The zero-order chi connectivity index (χ0) is 12.7. The predicted octanol–water partition coefficient (Wildman–Crippen LogP) is 4.76. The molecular weight excluding hydrogens is 194 g/mol. The zero-order valence-electron chi connectivity index (χ0n) is 12.4. The first-order valence-corrected chi connectivity index (χ1v) is 7.02. The average molecular weight is 227 g/mol. The lowest BCUT2D eigenvalue weighted by atomic mass is 9.83. The van der Waals surface area contributed by atoms with Crippen molar-refractivity contribution in [1.29, 1.82) is 0 Å². The van der Waals surface area contributed by atoms with Crippen molar-refractivity contribution in [1.82, 2.24) is 5.32 Å². The van der Waals surface area contributed by atoms with Crippen LogP contribution in [-0.4, -0.2) is 12.1 Å². The van der Waals surface area contributed by atoms with E-state index in [1.54, 1.807) is 0 Å². The van der Waals surface area contributed by atoms with Crippen molar-refractivity contribution >= 4 is 0 Å². The second-order valence-electron chi connectivity index (χ2n) is 6.90. The number of hydrogen-bond donors (Lipinski definition) is 1. The van der Waals surface area contributed by atoms with Gasteiger partial charge in [0.1, 0.15) is 0 Å². The highest BCUT2D eigenvalue weighted by atomic mass is 14.9. The van der Waals surface area contributed by atoms with E-state index in [0.29, 0.717) is 5.41 Å². The van der Waals surface area contributed by atoms with Crippen molar-refractivity contribution in [2.45, 2.75) is 85.6 Å². The smallest absolute Gasteiger partial charge is 0.00965 e. The fourth-order valence-corrected chi connectivity index (χ4v) is 1.93.